The molecule has 30 heavy (non-hydrogen) atoms. The first kappa shape index (κ1) is 18.8. The second kappa shape index (κ2) is 7.23. The number of likely N-dealkylation sites (tertiary alicyclic amines) is 1. The largest absolute Gasteiger partial charge is 0.481 e. The van der Waals surface area contributed by atoms with Crippen molar-refractivity contribution >= 4 is 17.4 Å². The van der Waals surface area contributed by atoms with Crippen molar-refractivity contribution in [2.24, 2.45) is 11.8 Å². The molecule has 7 heteroatoms. The van der Waals surface area contributed by atoms with Crippen LogP contribution in [-0.2, 0) is 9.59 Å². The van der Waals surface area contributed by atoms with Crippen molar-refractivity contribution in [3.63, 3.8) is 0 Å². The van der Waals surface area contributed by atoms with Gasteiger partial charge < -0.3 is 14.4 Å². The van der Waals surface area contributed by atoms with Crippen molar-refractivity contribution in [2.75, 3.05) is 6.54 Å². The summed E-state index contributed by atoms with van der Waals surface area (Å²) < 4.78 is 15.4. The third kappa shape index (κ3) is 2.96. The van der Waals surface area contributed by atoms with Crippen LogP contribution in [0.3, 0.4) is 0 Å². The van der Waals surface area contributed by atoms with E-state index >= 15 is 0 Å². The molecule has 154 valence electrons. The lowest BCUT2D eigenvalue weighted by Crippen LogP contribution is -2.46. The van der Waals surface area contributed by atoms with E-state index in [4.69, 9.17) is 4.98 Å². The Hall–Kier alpha value is -3.22. The second-order valence-corrected chi connectivity index (χ2v) is 8.10. The Balaban J connectivity index is 1.53. The van der Waals surface area contributed by atoms with Gasteiger partial charge in [-0.2, -0.15) is 0 Å². The van der Waals surface area contributed by atoms with E-state index in [1.54, 1.807) is 12.1 Å². The number of pyridine rings is 1. The highest BCUT2D eigenvalue weighted by atomic mass is 19.1. The number of carbonyl (C=O) groups excluding carboxylic acids is 1. The van der Waals surface area contributed by atoms with Crippen molar-refractivity contribution in [3.8, 4) is 11.3 Å². The quantitative estimate of drug-likeness (QED) is 0.712. The number of fused-ring (bicyclic) bond motifs is 1. The van der Waals surface area contributed by atoms with Gasteiger partial charge in [0.25, 0.3) is 0 Å². The van der Waals surface area contributed by atoms with Crippen LogP contribution in [0.1, 0.15) is 37.5 Å². The average molecular weight is 407 g/mol. The maximum atomic E-state index is 13.4. The monoisotopic (exact) mass is 407 g/mol. The molecular weight excluding hydrogens is 385 g/mol. The smallest absolute Gasteiger partial charge is 0.307 e. The second-order valence-electron chi connectivity index (χ2n) is 8.10. The summed E-state index contributed by atoms with van der Waals surface area (Å²) in [5, 5.41) is 9.35. The van der Waals surface area contributed by atoms with E-state index in [0.29, 0.717) is 19.4 Å². The third-order valence-electron chi connectivity index (χ3n) is 6.44. The molecule has 3 heterocycles. The van der Waals surface area contributed by atoms with E-state index in [2.05, 4.69) is 0 Å². The molecule has 0 radical (unpaired) electrons. The number of halogens is 1. The van der Waals surface area contributed by atoms with Crippen LogP contribution in [-0.4, -0.2) is 37.8 Å². The summed E-state index contributed by atoms with van der Waals surface area (Å²) >= 11 is 0. The van der Waals surface area contributed by atoms with Gasteiger partial charge in [-0.05, 0) is 62.1 Å². The molecule has 3 atom stereocenters. The Morgan fingerprint density at radius 2 is 1.80 bits per heavy atom. The van der Waals surface area contributed by atoms with Crippen molar-refractivity contribution in [3.05, 3.63) is 60.3 Å². The van der Waals surface area contributed by atoms with Gasteiger partial charge in [0, 0.05) is 18.3 Å². The lowest BCUT2D eigenvalue weighted by molar-refractivity contribution is -0.157. The number of nitrogens with zero attached hydrogens (tertiary/aromatic N) is 3. The molecule has 5 rings (SSSR count). The van der Waals surface area contributed by atoms with Gasteiger partial charge >= 0.3 is 5.97 Å². The number of imidazole rings is 1. The number of benzene rings is 1. The Bertz CT molecular complexity index is 1120. The van der Waals surface area contributed by atoms with Gasteiger partial charge in [-0.25, -0.2) is 9.37 Å². The zero-order valence-corrected chi connectivity index (χ0v) is 16.4. The number of hydrogen-bond donors (Lipinski definition) is 1. The molecule has 1 saturated carbocycles. The fraction of sp³-hybridized carbons (Fsp3) is 0.348. The first-order valence-electron chi connectivity index (χ1n) is 10.3. The van der Waals surface area contributed by atoms with Crippen LogP contribution in [0.15, 0.2) is 48.7 Å². The van der Waals surface area contributed by atoms with E-state index in [1.165, 1.54) is 12.1 Å². The lowest BCUT2D eigenvalue weighted by atomic mass is 9.73. The van der Waals surface area contributed by atoms with Crippen molar-refractivity contribution < 1.29 is 19.1 Å². The summed E-state index contributed by atoms with van der Waals surface area (Å²) in [4.78, 5) is 31.3. The van der Waals surface area contributed by atoms with E-state index in [9.17, 15) is 19.1 Å². The molecule has 2 fully saturated rings. The topological polar surface area (TPSA) is 74.9 Å². The molecule has 0 spiro atoms. The van der Waals surface area contributed by atoms with Gasteiger partial charge in [-0.3, -0.25) is 9.59 Å². The number of carboxylic acids is 1. The fourth-order valence-corrected chi connectivity index (χ4v) is 4.72. The first-order chi connectivity index (χ1) is 14.5. The molecule has 1 aromatic carbocycles. The summed E-state index contributed by atoms with van der Waals surface area (Å²) in [7, 11) is 0. The summed E-state index contributed by atoms with van der Waals surface area (Å²) in [6.45, 7) is 0.611. The van der Waals surface area contributed by atoms with Crippen LogP contribution in [0.4, 0.5) is 4.39 Å². The molecule has 1 N–H and O–H groups in total. The Kier molecular flexibility index (Phi) is 4.53. The molecular formula is C23H22FN3O3. The third-order valence-corrected chi connectivity index (χ3v) is 6.44. The summed E-state index contributed by atoms with van der Waals surface area (Å²) in [6.07, 6.45) is 4.75. The van der Waals surface area contributed by atoms with Crippen LogP contribution < -0.4 is 0 Å². The molecule has 1 amide bonds. The molecule has 2 aliphatic rings. The van der Waals surface area contributed by atoms with Gasteiger partial charge in [0.2, 0.25) is 5.91 Å². The van der Waals surface area contributed by atoms with Crippen LogP contribution in [0.5, 0.6) is 0 Å². The van der Waals surface area contributed by atoms with Gasteiger partial charge in [-0.15, -0.1) is 0 Å². The summed E-state index contributed by atoms with van der Waals surface area (Å²) in [6, 6.07) is 11.8. The van der Waals surface area contributed by atoms with Gasteiger partial charge in [0.15, 0.2) is 0 Å². The van der Waals surface area contributed by atoms with E-state index in [1.807, 2.05) is 33.7 Å². The predicted molar refractivity (Wildman–Crippen MR) is 108 cm³/mol. The van der Waals surface area contributed by atoms with E-state index in [0.717, 1.165) is 35.4 Å². The maximum Gasteiger partial charge on any atom is 0.307 e. The number of aliphatic carboxylic acids is 1. The predicted octanol–water partition coefficient (Wildman–Crippen LogP) is 3.91. The molecule has 1 aliphatic carbocycles. The van der Waals surface area contributed by atoms with Crippen LogP contribution in [0.2, 0.25) is 0 Å². The number of aromatic nitrogens is 2. The number of carbonyl (C=O) groups is 2. The standard InChI is InChI=1S/C23H22FN3O3/c24-15-8-6-14(7-9-15)20-18-4-1-2-12-26(18)21(25-20)19-5-3-13-27(19)22(28)16-10-11-17(16)23(29)30/h1-2,4,6-9,12,16-17,19H,3,5,10-11,13H2,(H,29,30). The van der Waals surface area contributed by atoms with Gasteiger partial charge in [0.05, 0.1) is 29.1 Å². The number of hydrogen-bond acceptors (Lipinski definition) is 3. The van der Waals surface area contributed by atoms with Crippen LogP contribution in [0.25, 0.3) is 16.8 Å². The normalized spacial score (nSPS) is 23.5. The lowest BCUT2D eigenvalue weighted by Gasteiger charge is -2.36. The van der Waals surface area contributed by atoms with Crippen LogP contribution >= 0.6 is 0 Å². The fourth-order valence-electron chi connectivity index (χ4n) is 4.72. The number of carboxylic acid groups (broad SMARTS) is 1. The Morgan fingerprint density at radius 3 is 2.50 bits per heavy atom. The van der Waals surface area contributed by atoms with E-state index in [-0.39, 0.29) is 17.8 Å². The highest BCUT2D eigenvalue weighted by molar-refractivity contribution is 5.87. The first-order valence-corrected chi connectivity index (χ1v) is 10.3. The highest BCUT2D eigenvalue weighted by Gasteiger charge is 2.46. The molecule has 2 aromatic heterocycles. The summed E-state index contributed by atoms with van der Waals surface area (Å²) in [5.41, 5.74) is 2.45. The van der Waals surface area contributed by atoms with Crippen LogP contribution in [0, 0.1) is 17.7 Å². The highest BCUT2D eigenvalue weighted by Crippen LogP contribution is 2.41. The molecule has 6 nitrogen and oxygen atoms in total. The zero-order valence-electron chi connectivity index (χ0n) is 16.4. The zero-order chi connectivity index (χ0) is 20.8. The Labute approximate surface area is 173 Å². The SMILES string of the molecule is O=C(O)C1CCC1C(=O)N1CCCC1c1nc(-c2ccc(F)cc2)c2ccccn12. The molecule has 3 unspecified atom stereocenters. The van der Waals surface area contributed by atoms with Gasteiger partial charge in [-0.1, -0.05) is 6.07 Å². The maximum absolute atomic E-state index is 13.4. The minimum Gasteiger partial charge on any atom is -0.481 e. The van der Waals surface area contributed by atoms with Crippen molar-refractivity contribution in [2.45, 2.75) is 31.7 Å². The Morgan fingerprint density at radius 1 is 1.03 bits per heavy atom. The summed E-state index contributed by atoms with van der Waals surface area (Å²) in [5.74, 6) is -1.52. The van der Waals surface area contributed by atoms with Gasteiger partial charge in [0.1, 0.15) is 11.6 Å². The average Bonchev–Trinajstić information content (AvgIpc) is 3.32. The minimum atomic E-state index is -0.889. The molecule has 1 saturated heterocycles. The molecule has 0 bridgehead atoms. The minimum absolute atomic E-state index is 0.0767. The number of amides is 1. The molecule has 3 aromatic rings. The van der Waals surface area contributed by atoms with Crippen molar-refractivity contribution in [1.82, 2.24) is 14.3 Å². The van der Waals surface area contributed by atoms with E-state index < -0.39 is 17.8 Å². The van der Waals surface area contributed by atoms with Crippen molar-refractivity contribution in [1.29, 1.82) is 0 Å². The molecule has 1 aliphatic heterocycles. The number of rotatable bonds is 4.